The van der Waals surface area contributed by atoms with Crippen LogP contribution in [0.5, 0.6) is 0 Å². The minimum absolute atomic E-state index is 0.0480. The Morgan fingerprint density at radius 3 is 2.67 bits per heavy atom. The average Bonchev–Trinajstić information content (AvgIpc) is 2.35. The Morgan fingerprint density at radius 1 is 1.44 bits per heavy atom. The molecule has 1 atom stereocenters. The van der Waals surface area contributed by atoms with Crippen molar-refractivity contribution in [2.75, 3.05) is 0 Å². The molecule has 0 aliphatic heterocycles. The van der Waals surface area contributed by atoms with Gasteiger partial charge in [-0.15, -0.1) is 6.42 Å². The Balaban J connectivity index is 2.66. The molecule has 0 heterocycles. The molecule has 0 bridgehead atoms. The topological polar surface area (TPSA) is 49.3 Å². The molecular formula is C15H19NO2. The third-order valence-corrected chi connectivity index (χ3v) is 2.78. The van der Waals surface area contributed by atoms with E-state index in [-0.39, 0.29) is 12.5 Å². The van der Waals surface area contributed by atoms with Gasteiger partial charge in [-0.25, -0.2) is 0 Å². The summed E-state index contributed by atoms with van der Waals surface area (Å²) >= 11 is 0. The van der Waals surface area contributed by atoms with Crippen LogP contribution >= 0.6 is 0 Å². The highest BCUT2D eigenvalue weighted by atomic mass is 16.4. The van der Waals surface area contributed by atoms with Gasteiger partial charge in [0.15, 0.2) is 0 Å². The average molecular weight is 245 g/mol. The molecule has 18 heavy (non-hydrogen) atoms. The molecule has 0 aromatic heterocycles. The van der Waals surface area contributed by atoms with Gasteiger partial charge < -0.3 is 5.11 Å². The summed E-state index contributed by atoms with van der Waals surface area (Å²) < 4.78 is 0. The number of terminal acetylenes is 1. The highest BCUT2D eigenvalue weighted by Gasteiger charge is 2.08. The highest BCUT2D eigenvalue weighted by Crippen LogP contribution is 2.10. The number of benzene rings is 1. The Morgan fingerprint density at radius 2 is 2.11 bits per heavy atom. The van der Waals surface area contributed by atoms with Crippen LogP contribution in [0.15, 0.2) is 24.3 Å². The van der Waals surface area contributed by atoms with Gasteiger partial charge >= 0.3 is 5.97 Å². The molecule has 3 heteroatoms. The van der Waals surface area contributed by atoms with Gasteiger partial charge in [0, 0.05) is 6.54 Å². The van der Waals surface area contributed by atoms with Crippen LogP contribution in [0.4, 0.5) is 0 Å². The van der Waals surface area contributed by atoms with Gasteiger partial charge in [-0.3, -0.25) is 10.1 Å². The van der Waals surface area contributed by atoms with Crippen LogP contribution in [0.1, 0.15) is 30.9 Å². The number of hydrogen-bond acceptors (Lipinski definition) is 2. The van der Waals surface area contributed by atoms with E-state index in [9.17, 15) is 4.79 Å². The summed E-state index contributed by atoms with van der Waals surface area (Å²) in [4.78, 5) is 10.8. The summed E-state index contributed by atoms with van der Waals surface area (Å²) in [5, 5.41) is 12.1. The zero-order valence-corrected chi connectivity index (χ0v) is 10.6. The first-order chi connectivity index (χ1) is 8.67. The van der Waals surface area contributed by atoms with Crippen LogP contribution < -0.4 is 5.32 Å². The van der Waals surface area contributed by atoms with Crippen LogP contribution in [-0.2, 0) is 17.8 Å². The molecule has 0 aliphatic rings. The largest absolute Gasteiger partial charge is 0.481 e. The highest BCUT2D eigenvalue weighted by molar-refractivity contribution is 5.70. The minimum Gasteiger partial charge on any atom is -0.481 e. The van der Waals surface area contributed by atoms with E-state index in [1.54, 1.807) is 0 Å². The maximum Gasteiger partial charge on any atom is 0.307 e. The number of rotatable bonds is 7. The van der Waals surface area contributed by atoms with Gasteiger partial charge in [-0.1, -0.05) is 43.5 Å². The third kappa shape index (κ3) is 4.60. The Labute approximate surface area is 108 Å². The molecule has 1 aromatic rings. The van der Waals surface area contributed by atoms with Crippen LogP contribution in [-0.4, -0.2) is 17.1 Å². The molecule has 0 amide bonds. The number of nitrogens with one attached hydrogen (secondary N) is 1. The fraction of sp³-hybridized carbons (Fsp3) is 0.400. The van der Waals surface area contributed by atoms with E-state index in [0.717, 1.165) is 24.0 Å². The van der Waals surface area contributed by atoms with Crippen molar-refractivity contribution in [3.05, 3.63) is 35.4 Å². The van der Waals surface area contributed by atoms with E-state index in [0.29, 0.717) is 6.54 Å². The molecule has 0 spiro atoms. The lowest BCUT2D eigenvalue weighted by Gasteiger charge is -2.14. The Bertz CT molecular complexity index is 434. The van der Waals surface area contributed by atoms with Crippen LogP contribution in [0, 0.1) is 12.3 Å². The lowest BCUT2D eigenvalue weighted by Crippen LogP contribution is -2.27. The van der Waals surface area contributed by atoms with E-state index in [1.807, 2.05) is 24.3 Å². The molecule has 0 saturated carbocycles. The predicted molar refractivity (Wildman–Crippen MR) is 72.2 cm³/mol. The first-order valence-corrected chi connectivity index (χ1v) is 6.15. The van der Waals surface area contributed by atoms with Crippen molar-refractivity contribution >= 4 is 5.97 Å². The lowest BCUT2D eigenvalue weighted by molar-refractivity contribution is -0.136. The van der Waals surface area contributed by atoms with Crippen molar-refractivity contribution in [1.29, 1.82) is 0 Å². The zero-order valence-electron chi connectivity index (χ0n) is 10.6. The minimum atomic E-state index is -0.815. The van der Waals surface area contributed by atoms with E-state index in [1.165, 1.54) is 0 Å². The number of carboxylic acids is 1. The summed E-state index contributed by atoms with van der Waals surface area (Å²) in [6.07, 6.45) is 7.44. The fourth-order valence-electron chi connectivity index (χ4n) is 1.83. The summed E-state index contributed by atoms with van der Waals surface area (Å²) in [6, 6.07) is 7.59. The maximum atomic E-state index is 10.8. The second-order valence-corrected chi connectivity index (χ2v) is 4.23. The van der Waals surface area contributed by atoms with E-state index >= 15 is 0 Å². The number of hydrogen-bond donors (Lipinski definition) is 2. The van der Waals surface area contributed by atoms with Crippen LogP contribution in [0.2, 0.25) is 0 Å². The van der Waals surface area contributed by atoms with Crippen molar-refractivity contribution in [3.63, 3.8) is 0 Å². The first-order valence-electron chi connectivity index (χ1n) is 6.15. The van der Waals surface area contributed by atoms with Crippen molar-refractivity contribution in [3.8, 4) is 12.3 Å². The van der Waals surface area contributed by atoms with Crippen molar-refractivity contribution in [2.45, 2.75) is 38.8 Å². The van der Waals surface area contributed by atoms with E-state index in [2.05, 4.69) is 18.2 Å². The van der Waals surface area contributed by atoms with E-state index < -0.39 is 5.97 Å². The summed E-state index contributed by atoms with van der Waals surface area (Å²) in [5.41, 5.74) is 1.83. The van der Waals surface area contributed by atoms with Crippen molar-refractivity contribution in [1.82, 2.24) is 5.32 Å². The number of carbonyl (C=O) groups is 1. The Kier molecular flexibility index (Phi) is 5.96. The van der Waals surface area contributed by atoms with Gasteiger partial charge in [0.05, 0.1) is 12.5 Å². The second kappa shape index (κ2) is 7.52. The molecule has 1 rings (SSSR count). The molecule has 3 nitrogen and oxygen atoms in total. The number of carboxylic acid groups (broad SMARTS) is 1. The van der Waals surface area contributed by atoms with Crippen molar-refractivity contribution < 1.29 is 9.90 Å². The van der Waals surface area contributed by atoms with Gasteiger partial charge in [0.25, 0.3) is 0 Å². The van der Waals surface area contributed by atoms with Gasteiger partial charge in [-0.05, 0) is 17.5 Å². The molecule has 96 valence electrons. The molecule has 1 aromatic carbocycles. The summed E-state index contributed by atoms with van der Waals surface area (Å²) in [5.74, 6) is 1.89. The standard InChI is InChI=1S/C15H19NO2/c1-3-7-14(4-2)16-11-13-9-6-5-8-12(13)10-15(17)18/h2,5-6,8-9,14,16H,3,7,10-11H2,1H3,(H,17,18). The molecule has 0 aliphatic carbocycles. The van der Waals surface area contributed by atoms with Gasteiger partial charge in [-0.2, -0.15) is 0 Å². The molecule has 0 fully saturated rings. The normalized spacial score (nSPS) is 11.8. The van der Waals surface area contributed by atoms with Gasteiger partial charge in [0.2, 0.25) is 0 Å². The lowest BCUT2D eigenvalue weighted by atomic mass is 10.0. The molecule has 0 saturated heterocycles. The van der Waals surface area contributed by atoms with Crippen molar-refractivity contribution in [2.24, 2.45) is 0 Å². The molecule has 2 N–H and O–H groups in total. The van der Waals surface area contributed by atoms with Gasteiger partial charge in [0.1, 0.15) is 0 Å². The smallest absolute Gasteiger partial charge is 0.307 e. The summed E-state index contributed by atoms with van der Waals surface area (Å²) in [7, 11) is 0. The molecule has 0 radical (unpaired) electrons. The Hall–Kier alpha value is -1.79. The first kappa shape index (κ1) is 14.3. The predicted octanol–water partition coefficient (Wildman–Crippen LogP) is 2.21. The molecular weight excluding hydrogens is 226 g/mol. The quantitative estimate of drug-likeness (QED) is 0.724. The monoisotopic (exact) mass is 245 g/mol. The SMILES string of the molecule is C#CC(CCC)NCc1ccccc1CC(=O)O. The van der Waals surface area contributed by atoms with Crippen LogP contribution in [0.3, 0.4) is 0 Å². The second-order valence-electron chi connectivity index (χ2n) is 4.23. The molecule has 1 unspecified atom stereocenters. The van der Waals surface area contributed by atoms with E-state index in [4.69, 9.17) is 11.5 Å². The zero-order chi connectivity index (χ0) is 13.4. The maximum absolute atomic E-state index is 10.8. The number of aliphatic carboxylic acids is 1. The summed E-state index contributed by atoms with van der Waals surface area (Å²) in [6.45, 7) is 2.70. The van der Waals surface area contributed by atoms with Crippen LogP contribution in [0.25, 0.3) is 0 Å². The third-order valence-electron chi connectivity index (χ3n) is 2.78. The fourth-order valence-corrected chi connectivity index (χ4v) is 1.83.